The molecule has 0 saturated carbocycles. The Bertz CT molecular complexity index is 235. The third-order valence-electron chi connectivity index (χ3n) is 1.11. The Hall–Kier alpha value is 0.330. The van der Waals surface area contributed by atoms with Crippen LogP contribution in [0.15, 0.2) is 26.0 Å². The number of nitrogens with two attached hydrogens (primary N) is 1. The fourth-order valence-electron chi connectivity index (χ4n) is 0.556. The van der Waals surface area contributed by atoms with Crippen molar-refractivity contribution in [2.45, 2.75) is 4.90 Å². The van der Waals surface area contributed by atoms with Gasteiger partial charge in [-0.3, -0.25) is 0 Å². The van der Waals surface area contributed by atoms with E-state index in [1.807, 2.05) is 12.1 Å². The third kappa shape index (κ3) is 1.49. The molecule has 0 atom stereocenters. The van der Waals surface area contributed by atoms with Gasteiger partial charge in [-0.25, -0.2) is 0 Å². The van der Waals surface area contributed by atoms with Crippen molar-refractivity contribution in [3.05, 3.63) is 21.1 Å². The molecule has 2 N–H and O–H groups in total. The van der Waals surface area contributed by atoms with Crippen LogP contribution < -0.4 is 5.73 Å². The monoisotopic (exact) mass is 281 g/mol. The average molecular weight is 283 g/mol. The highest BCUT2D eigenvalue weighted by atomic mass is 79.9. The molecule has 0 spiro atoms. The van der Waals surface area contributed by atoms with Gasteiger partial charge in [-0.2, -0.15) is 0 Å². The fraction of sp³-hybridized carbons (Fsp3) is 0. The summed E-state index contributed by atoms with van der Waals surface area (Å²) in [4.78, 5) is 0.787. The van der Waals surface area contributed by atoms with Gasteiger partial charge in [0.05, 0.1) is 10.2 Å². The molecule has 1 rings (SSSR count). The van der Waals surface area contributed by atoms with Gasteiger partial charge in [0.25, 0.3) is 0 Å². The Morgan fingerprint density at radius 2 is 1.90 bits per heavy atom. The van der Waals surface area contributed by atoms with Gasteiger partial charge in [0, 0.05) is 9.37 Å². The van der Waals surface area contributed by atoms with E-state index in [2.05, 4.69) is 44.5 Å². The first-order valence-corrected chi connectivity index (χ1v) is 4.58. The van der Waals surface area contributed by atoms with Crippen LogP contribution in [-0.2, 0) is 0 Å². The molecule has 1 nitrogen and oxygen atoms in total. The Morgan fingerprint density at radius 1 is 1.30 bits per heavy atom. The average Bonchev–Trinajstić information content (AvgIpc) is 1.93. The van der Waals surface area contributed by atoms with Crippen molar-refractivity contribution in [2.24, 2.45) is 0 Å². The minimum atomic E-state index is 0.665. The molecule has 0 aliphatic heterocycles. The van der Waals surface area contributed by atoms with E-state index in [1.165, 1.54) is 0 Å². The van der Waals surface area contributed by atoms with E-state index in [0.29, 0.717) is 5.69 Å². The van der Waals surface area contributed by atoms with Gasteiger partial charge in [0.2, 0.25) is 0 Å². The fourth-order valence-corrected chi connectivity index (χ4v) is 1.59. The van der Waals surface area contributed by atoms with Crippen molar-refractivity contribution in [1.82, 2.24) is 0 Å². The second kappa shape index (κ2) is 3.15. The van der Waals surface area contributed by atoms with Gasteiger partial charge in [0.1, 0.15) is 0 Å². The normalized spacial score (nSPS) is 9.90. The van der Waals surface area contributed by atoms with Crippen LogP contribution in [0.25, 0.3) is 0 Å². The molecule has 0 aromatic heterocycles. The maximum absolute atomic E-state index is 5.63. The van der Waals surface area contributed by atoms with Gasteiger partial charge >= 0.3 is 0 Å². The molecule has 0 aliphatic rings. The Balaban J connectivity index is 3.34. The lowest BCUT2D eigenvalue weighted by Gasteiger charge is -2.02. The van der Waals surface area contributed by atoms with Crippen molar-refractivity contribution < 1.29 is 0 Å². The standard InChI is InChI=1S/C6H5Br2NS/c7-3-1-2-4(10)6(9)5(3)8/h1-2,10H,9H2. The van der Waals surface area contributed by atoms with Gasteiger partial charge in [-0.15, -0.1) is 12.6 Å². The van der Waals surface area contributed by atoms with E-state index in [9.17, 15) is 0 Å². The molecule has 10 heavy (non-hydrogen) atoms. The highest BCUT2D eigenvalue weighted by Crippen LogP contribution is 2.32. The lowest BCUT2D eigenvalue weighted by atomic mass is 10.3. The van der Waals surface area contributed by atoms with E-state index < -0.39 is 0 Å². The maximum atomic E-state index is 5.63. The smallest absolute Gasteiger partial charge is 0.0605 e. The zero-order valence-corrected chi connectivity index (χ0v) is 9.00. The van der Waals surface area contributed by atoms with Crippen molar-refractivity contribution in [2.75, 3.05) is 5.73 Å². The van der Waals surface area contributed by atoms with Crippen LogP contribution in [0, 0.1) is 0 Å². The Kier molecular flexibility index (Phi) is 2.66. The van der Waals surface area contributed by atoms with Crippen molar-refractivity contribution in [1.29, 1.82) is 0 Å². The first-order chi connectivity index (χ1) is 4.63. The molecule has 1 aromatic rings. The first kappa shape index (κ1) is 8.43. The minimum Gasteiger partial charge on any atom is -0.397 e. The van der Waals surface area contributed by atoms with Crippen LogP contribution in [0.4, 0.5) is 5.69 Å². The molecule has 0 heterocycles. The van der Waals surface area contributed by atoms with Gasteiger partial charge < -0.3 is 5.73 Å². The van der Waals surface area contributed by atoms with E-state index in [-0.39, 0.29) is 0 Å². The van der Waals surface area contributed by atoms with Crippen LogP contribution in [0.2, 0.25) is 0 Å². The Morgan fingerprint density at radius 3 is 2.40 bits per heavy atom. The summed E-state index contributed by atoms with van der Waals surface area (Å²) in [7, 11) is 0. The van der Waals surface area contributed by atoms with Crippen molar-refractivity contribution >= 4 is 50.2 Å². The summed E-state index contributed by atoms with van der Waals surface area (Å²) in [5.41, 5.74) is 6.29. The van der Waals surface area contributed by atoms with E-state index in [1.54, 1.807) is 0 Å². The number of halogens is 2. The molecular weight excluding hydrogens is 278 g/mol. The molecular formula is C6H5Br2NS. The number of anilines is 1. The summed E-state index contributed by atoms with van der Waals surface area (Å²) in [6.45, 7) is 0. The second-order valence-corrected chi connectivity index (χ2v) is 3.92. The molecule has 0 aliphatic carbocycles. The topological polar surface area (TPSA) is 26.0 Å². The second-order valence-electron chi connectivity index (χ2n) is 1.79. The lowest BCUT2D eigenvalue weighted by Crippen LogP contribution is -1.88. The summed E-state index contributed by atoms with van der Waals surface area (Å²) in [6.07, 6.45) is 0. The molecule has 4 heteroatoms. The molecule has 0 unspecified atom stereocenters. The van der Waals surface area contributed by atoms with Crippen LogP contribution in [0.3, 0.4) is 0 Å². The van der Waals surface area contributed by atoms with Crippen molar-refractivity contribution in [3.8, 4) is 0 Å². The largest absolute Gasteiger partial charge is 0.397 e. The summed E-state index contributed by atoms with van der Waals surface area (Å²) in [5.74, 6) is 0. The van der Waals surface area contributed by atoms with Gasteiger partial charge in [0.15, 0.2) is 0 Å². The number of benzene rings is 1. The zero-order chi connectivity index (χ0) is 7.72. The van der Waals surface area contributed by atoms with Crippen LogP contribution in [0.1, 0.15) is 0 Å². The summed E-state index contributed by atoms with van der Waals surface area (Å²) in [6, 6.07) is 3.73. The third-order valence-corrected chi connectivity index (χ3v) is 3.55. The van der Waals surface area contributed by atoms with E-state index >= 15 is 0 Å². The number of rotatable bonds is 0. The molecule has 0 saturated heterocycles. The molecule has 0 amide bonds. The minimum absolute atomic E-state index is 0.665. The van der Waals surface area contributed by atoms with Crippen LogP contribution in [0.5, 0.6) is 0 Å². The highest BCUT2D eigenvalue weighted by molar-refractivity contribution is 9.13. The maximum Gasteiger partial charge on any atom is 0.0605 e. The molecule has 0 radical (unpaired) electrons. The van der Waals surface area contributed by atoms with Crippen LogP contribution >= 0.6 is 44.5 Å². The molecule has 1 aromatic carbocycles. The predicted molar refractivity (Wildman–Crippen MR) is 53.5 cm³/mol. The quantitative estimate of drug-likeness (QED) is 0.555. The summed E-state index contributed by atoms with van der Waals surface area (Å²) < 4.78 is 1.81. The number of hydrogen-bond donors (Lipinski definition) is 2. The van der Waals surface area contributed by atoms with E-state index in [0.717, 1.165) is 13.8 Å². The molecule has 0 bridgehead atoms. The zero-order valence-electron chi connectivity index (χ0n) is 4.94. The highest BCUT2D eigenvalue weighted by Gasteiger charge is 2.02. The van der Waals surface area contributed by atoms with Crippen molar-refractivity contribution in [3.63, 3.8) is 0 Å². The molecule has 0 fully saturated rings. The lowest BCUT2D eigenvalue weighted by molar-refractivity contribution is 1.42. The predicted octanol–water partition coefficient (Wildman–Crippen LogP) is 3.08. The van der Waals surface area contributed by atoms with Gasteiger partial charge in [-0.05, 0) is 44.0 Å². The van der Waals surface area contributed by atoms with Crippen LogP contribution in [-0.4, -0.2) is 0 Å². The summed E-state index contributed by atoms with van der Waals surface area (Å²) >= 11 is 10.8. The number of thiol groups is 1. The number of hydrogen-bond acceptors (Lipinski definition) is 2. The molecule has 54 valence electrons. The van der Waals surface area contributed by atoms with E-state index in [4.69, 9.17) is 5.73 Å². The number of nitrogen functional groups attached to an aromatic ring is 1. The van der Waals surface area contributed by atoms with Gasteiger partial charge in [-0.1, -0.05) is 0 Å². The SMILES string of the molecule is Nc1c(S)ccc(Br)c1Br. The first-order valence-electron chi connectivity index (χ1n) is 2.55. The summed E-state index contributed by atoms with van der Waals surface area (Å²) in [5, 5.41) is 0. The Labute approximate surface area is 81.7 Å².